The lowest BCUT2D eigenvalue weighted by atomic mass is 9.92. The van der Waals surface area contributed by atoms with Gasteiger partial charge >= 0.3 is 5.97 Å². The maximum Gasteiger partial charge on any atom is 0.304 e. The number of hydrogen-bond donors (Lipinski definition) is 1. The van der Waals surface area contributed by atoms with Gasteiger partial charge in [0.05, 0.1) is 13.5 Å². The Bertz CT molecular complexity index is 484. The smallest absolute Gasteiger partial charge is 0.304 e. The van der Waals surface area contributed by atoms with Gasteiger partial charge in [0.15, 0.2) is 5.78 Å². The number of aliphatic carboxylic acids is 1. The maximum absolute atomic E-state index is 12.3. The molecule has 0 radical (unpaired) electrons. The van der Waals surface area contributed by atoms with Crippen molar-refractivity contribution in [1.82, 2.24) is 0 Å². The molecule has 0 saturated carbocycles. The van der Waals surface area contributed by atoms with Gasteiger partial charge < -0.3 is 9.84 Å². The van der Waals surface area contributed by atoms with E-state index < -0.39 is 11.9 Å². The molecule has 1 heterocycles. The first-order valence-corrected chi connectivity index (χ1v) is 6.67. The van der Waals surface area contributed by atoms with Crippen LogP contribution in [-0.4, -0.2) is 29.7 Å². The molecule has 1 aromatic rings. The quantitative estimate of drug-likeness (QED) is 0.910. The average molecular weight is 266 g/mol. The second-order valence-corrected chi connectivity index (χ2v) is 5.30. The van der Waals surface area contributed by atoms with Crippen LogP contribution in [0, 0.1) is 5.92 Å². The minimum Gasteiger partial charge on any atom is -0.497 e. The van der Waals surface area contributed by atoms with Crippen molar-refractivity contribution < 1.29 is 19.4 Å². The van der Waals surface area contributed by atoms with E-state index in [2.05, 4.69) is 0 Å². The highest BCUT2D eigenvalue weighted by atomic mass is 32.2. The van der Waals surface area contributed by atoms with Crippen molar-refractivity contribution in [3.63, 3.8) is 0 Å². The number of ether oxygens (including phenoxy) is 1. The predicted octanol–water partition coefficient (Wildman–Crippen LogP) is 2.46. The van der Waals surface area contributed by atoms with E-state index in [-0.39, 0.29) is 12.2 Å². The van der Waals surface area contributed by atoms with Crippen LogP contribution in [0.3, 0.4) is 0 Å². The Morgan fingerprint density at radius 1 is 1.56 bits per heavy atom. The maximum atomic E-state index is 12.3. The van der Waals surface area contributed by atoms with E-state index in [9.17, 15) is 9.59 Å². The zero-order valence-electron chi connectivity index (χ0n) is 10.0. The van der Waals surface area contributed by atoms with Crippen molar-refractivity contribution in [2.24, 2.45) is 5.92 Å². The summed E-state index contributed by atoms with van der Waals surface area (Å²) in [4.78, 5) is 23.9. The first kappa shape index (κ1) is 13.0. The molecule has 1 aliphatic heterocycles. The van der Waals surface area contributed by atoms with Crippen molar-refractivity contribution >= 4 is 23.5 Å². The summed E-state index contributed by atoms with van der Waals surface area (Å²) >= 11 is 1.58. The van der Waals surface area contributed by atoms with E-state index in [4.69, 9.17) is 9.84 Å². The number of carboxylic acids is 1. The zero-order chi connectivity index (χ0) is 13.1. The van der Waals surface area contributed by atoms with E-state index in [1.54, 1.807) is 31.0 Å². The van der Waals surface area contributed by atoms with Crippen LogP contribution >= 0.6 is 11.8 Å². The molecule has 4 nitrogen and oxygen atoms in total. The number of methoxy groups -OCH3 is 1. The molecule has 0 spiro atoms. The van der Waals surface area contributed by atoms with Gasteiger partial charge in [-0.05, 0) is 30.4 Å². The highest BCUT2D eigenvalue weighted by Gasteiger charge is 2.27. The molecule has 2 rings (SSSR count). The van der Waals surface area contributed by atoms with E-state index in [0.717, 1.165) is 10.6 Å². The molecule has 5 heteroatoms. The monoisotopic (exact) mass is 266 g/mol. The Morgan fingerprint density at radius 3 is 3.00 bits per heavy atom. The van der Waals surface area contributed by atoms with E-state index in [1.165, 1.54) is 0 Å². The number of rotatable bonds is 3. The summed E-state index contributed by atoms with van der Waals surface area (Å²) in [5.41, 5.74) is 0.615. The molecule has 0 bridgehead atoms. The number of carbonyl (C=O) groups is 2. The highest BCUT2D eigenvalue weighted by molar-refractivity contribution is 7.99. The minimum absolute atomic E-state index is 0.0694. The highest BCUT2D eigenvalue weighted by Crippen LogP contribution is 2.34. The molecule has 18 heavy (non-hydrogen) atoms. The lowest BCUT2D eigenvalue weighted by Gasteiger charge is -2.10. The first-order valence-electron chi connectivity index (χ1n) is 5.68. The number of ketones is 1. The summed E-state index contributed by atoms with van der Waals surface area (Å²) < 4.78 is 5.13. The third-order valence-corrected chi connectivity index (χ3v) is 4.06. The van der Waals surface area contributed by atoms with Crippen molar-refractivity contribution in [2.75, 3.05) is 12.9 Å². The SMILES string of the molecule is COc1ccc2c(c1)SCCC(CC(=O)O)C2=O. The lowest BCUT2D eigenvalue weighted by molar-refractivity contribution is -0.137. The van der Waals surface area contributed by atoms with Crippen LogP contribution in [0.5, 0.6) is 5.75 Å². The Balaban J connectivity index is 2.32. The average Bonchev–Trinajstić information content (AvgIpc) is 2.49. The van der Waals surface area contributed by atoms with Gasteiger partial charge in [0.2, 0.25) is 0 Å². The number of hydrogen-bond acceptors (Lipinski definition) is 4. The molecule has 1 N–H and O–H groups in total. The summed E-state index contributed by atoms with van der Waals surface area (Å²) in [7, 11) is 1.58. The van der Waals surface area contributed by atoms with Gasteiger partial charge in [0.1, 0.15) is 5.75 Å². The second-order valence-electron chi connectivity index (χ2n) is 4.16. The van der Waals surface area contributed by atoms with Crippen LogP contribution in [0.4, 0.5) is 0 Å². The van der Waals surface area contributed by atoms with Crippen LogP contribution in [0.2, 0.25) is 0 Å². The topological polar surface area (TPSA) is 63.6 Å². The van der Waals surface area contributed by atoms with E-state index in [1.807, 2.05) is 6.07 Å². The van der Waals surface area contributed by atoms with E-state index in [0.29, 0.717) is 17.7 Å². The Hall–Kier alpha value is -1.49. The second kappa shape index (κ2) is 5.44. The molecule has 1 unspecified atom stereocenters. The molecule has 0 saturated heterocycles. The summed E-state index contributed by atoms with van der Waals surface area (Å²) in [6, 6.07) is 5.30. The largest absolute Gasteiger partial charge is 0.497 e. The van der Waals surface area contributed by atoms with Gasteiger partial charge in [-0.2, -0.15) is 0 Å². The molecule has 0 amide bonds. The van der Waals surface area contributed by atoms with Gasteiger partial charge in [-0.3, -0.25) is 9.59 Å². The summed E-state index contributed by atoms with van der Waals surface area (Å²) in [5.74, 6) is 0.0647. The number of carbonyl (C=O) groups excluding carboxylic acids is 1. The molecule has 1 atom stereocenters. The first-order chi connectivity index (χ1) is 8.61. The van der Waals surface area contributed by atoms with Crippen LogP contribution in [0.1, 0.15) is 23.2 Å². The third kappa shape index (κ3) is 2.67. The van der Waals surface area contributed by atoms with Crippen molar-refractivity contribution in [2.45, 2.75) is 17.7 Å². The molecule has 1 aromatic carbocycles. The number of thioether (sulfide) groups is 1. The predicted molar refractivity (Wildman–Crippen MR) is 68.4 cm³/mol. The molecule has 96 valence electrons. The Labute approximate surface area is 109 Å². The number of fused-ring (bicyclic) bond motifs is 1. The zero-order valence-corrected chi connectivity index (χ0v) is 10.8. The van der Waals surface area contributed by atoms with Crippen LogP contribution in [-0.2, 0) is 4.79 Å². The van der Waals surface area contributed by atoms with Gasteiger partial charge in [-0.1, -0.05) is 0 Å². The van der Waals surface area contributed by atoms with Crippen LogP contribution in [0.25, 0.3) is 0 Å². The summed E-state index contributed by atoms with van der Waals surface area (Å²) in [5, 5.41) is 8.83. The summed E-state index contributed by atoms with van der Waals surface area (Å²) in [6.07, 6.45) is 0.512. The molecule has 0 aromatic heterocycles. The van der Waals surface area contributed by atoms with Crippen LogP contribution < -0.4 is 4.74 Å². The standard InChI is InChI=1S/C13H14O4S/c1-17-9-2-3-10-11(7-9)18-5-4-8(13(10)16)6-12(14)15/h2-3,7-8H,4-6H2,1H3,(H,14,15). The minimum atomic E-state index is -0.921. The summed E-state index contributed by atoms with van der Waals surface area (Å²) in [6.45, 7) is 0. The Morgan fingerprint density at radius 2 is 2.33 bits per heavy atom. The molecule has 0 aliphatic carbocycles. The molecular formula is C13H14O4S. The fourth-order valence-corrected chi connectivity index (χ4v) is 3.17. The van der Waals surface area contributed by atoms with Gasteiger partial charge in [0.25, 0.3) is 0 Å². The number of carboxylic acid groups (broad SMARTS) is 1. The van der Waals surface area contributed by atoms with E-state index >= 15 is 0 Å². The van der Waals surface area contributed by atoms with Crippen molar-refractivity contribution in [3.8, 4) is 5.75 Å². The van der Waals surface area contributed by atoms with Gasteiger partial charge in [-0.25, -0.2) is 0 Å². The van der Waals surface area contributed by atoms with Gasteiger partial charge in [-0.15, -0.1) is 11.8 Å². The van der Waals surface area contributed by atoms with Crippen LogP contribution in [0.15, 0.2) is 23.1 Å². The lowest BCUT2D eigenvalue weighted by Crippen LogP contribution is -2.18. The number of Topliss-reactive ketones (excluding diaryl/α,β-unsaturated/α-hetero) is 1. The molecule has 0 fully saturated rings. The Kier molecular flexibility index (Phi) is 3.91. The fourth-order valence-electron chi connectivity index (χ4n) is 2.02. The van der Waals surface area contributed by atoms with Gasteiger partial charge in [0, 0.05) is 16.4 Å². The molecular weight excluding hydrogens is 252 g/mol. The van der Waals surface area contributed by atoms with Crippen molar-refractivity contribution in [1.29, 1.82) is 0 Å². The fraction of sp³-hybridized carbons (Fsp3) is 0.385. The van der Waals surface area contributed by atoms with Crippen molar-refractivity contribution in [3.05, 3.63) is 23.8 Å². The normalized spacial score (nSPS) is 18.9. The number of benzene rings is 1. The molecule has 1 aliphatic rings. The third-order valence-electron chi connectivity index (χ3n) is 2.97.